The number of hydrogen-bond donors (Lipinski definition) is 3. The second-order valence-electron chi connectivity index (χ2n) is 6.71. The molecule has 2 aromatic rings. The van der Waals surface area contributed by atoms with Gasteiger partial charge in [-0.05, 0) is 42.5 Å². The molecule has 1 aliphatic rings. The third kappa shape index (κ3) is 5.40. The molecule has 1 fully saturated rings. The molecule has 4 N–H and O–H groups in total. The fraction of sp³-hybridized carbons (Fsp3) is 0.250. The molecule has 1 atom stereocenters. The predicted molar refractivity (Wildman–Crippen MR) is 121 cm³/mol. The van der Waals surface area contributed by atoms with Gasteiger partial charge in [-0.2, -0.15) is 0 Å². The Morgan fingerprint density at radius 3 is 2.29 bits per heavy atom. The molecule has 1 aliphatic heterocycles. The zero-order valence-corrected chi connectivity index (χ0v) is 18.5. The summed E-state index contributed by atoms with van der Waals surface area (Å²) in [5, 5.41) is 6.41. The second-order valence-corrected chi connectivity index (χ2v) is 7.96. The van der Waals surface area contributed by atoms with Gasteiger partial charge in [0.2, 0.25) is 0 Å². The van der Waals surface area contributed by atoms with E-state index in [1.54, 1.807) is 24.3 Å². The molecule has 0 spiro atoms. The number of carbonyl (C=O) groups excluding carboxylic acids is 3. The summed E-state index contributed by atoms with van der Waals surface area (Å²) >= 11 is 17.8. The minimum Gasteiger partial charge on any atom is -0.351 e. The van der Waals surface area contributed by atoms with E-state index in [0.717, 1.165) is 0 Å². The highest BCUT2D eigenvalue weighted by Crippen LogP contribution is 2.26. The molecule has 1 saturated heterocycles. The summed E-state index contributed by atoms with van der Waals surface area (Å²) in [5.74, 6) is -0.962. The molecule has 0 bridgehead atoms. The fourth-order valence-corrected chi connectivity index (χ4v) is 3.57. The van der Waals surface area contributed by atoms with E-state index in [1.165, 1.54) is 28.0 Å². The number of nitrogens with two attached hydrogens (primary N) is 1. The molecule has 0 aromatic heterocycles. The average Bonchev–Trinajstić information content (AvgIpc) is 3.20. The summed E-state index contributed by atoms with van der Waals surface area (Å²) in [4.78, 5) is 41.4. The number of hydrogen-bond acceptors (Lipinski definition) is 4. The lowest BCUT2D eigenvalue weighted by molar-refractivity contribution is -0.127. The summed E-state index contributed by atoms with van der Waals surface area (Å²) in [6, 6.07) is 10.5. The van der Waals surface area contributed by atoms with Crippen LogP contribution in [0.15, 0.2) is 42.5 Å². The van der Waals surface area contributed by atoms with Gasteiger partial charge in [0.1, 0.15) is 0 Å². The Bertz CT molecular complexity index is 987. The molecule has 1 heterocycles. The van der Waals surface area contributed by atoms with Crippen molar-refractivity contribution in [1.29, 1.82) is 0 Å². The van der Waals surface area contributed by atoms with Crippen LogP contribution < -0.4 is 16.4 Å². The molecule has 31 heavy (non-hydrogen) atoms. The molecule has 3 rings (SSSR count). The van der Waals surface area contributed by atoms with E-state index in [4.69, 9.17) is 40.5 Å². The van der Waals surface area contributed by atoms with Crippen LogP contribution in [-0.4, -0.2) is 60.0 Å². The van der Waals surface area contributed by atoms with Crippen molar-refractivity contribution in [3.63, 3.8) is 0 Å². The van der Waals surface area contributed by atoms with Crippen molar-refractivity contribution in [2.45, 2.75) is 6.17 Å². The van der Waals surface area contributed by atoms with Gasteiger partial charge >= 0.3 is 6.03 Å². The first-order valence-electron chi connectivity index (χ1n) is 9.39. The quantitative estimate of drug-likeness (QED) is 0.606. The van der Waals surface area contributed by atoms with Crippen LogP contribution in [0.25, 0.3) is 0 Å². The molecule has 8 nitrogen and oxygen atoms in total. The maximum absolute atomic E-state index is 13.1. The van der Waals surface area contributed by atoms with Crippen molar-refractivity contribution in [3.05, 3.63) is 63.1 Å². The molecule has 2 aromatic carbocycles. The van der Waals surface area contributed by atoms with Gasteiger partial charge in [0.15, 0.2) is 6.17 Å². The molecular weight excluding hydrogens is 465 g/mol. The van der Waals surface area contributed by atoms with Gasteiger partial charge in [-0.3, -0.25) is 14.5 Å². The minimum absolute atomic E-state index is 0.160. The van der Waals surface area contributed by atoms with Crippen molar-refractivity contribution in [3.8, 4) is 0 Å². The van der Waals surface area contributed by atoms with E-state index in [-0.39, 0.29) is 36.8 Å². The lowest BCUT2D eigenvalue weighted by Crippen LogP contribution is -2.55. The Morgan fingerprint density at radius 1 is 0.968 bits per heavy atom. The summed E-state index contributed by atoms with van der Waals surface area (Å²) in [6.07, 6.45) is -1.15. The topological polar surface area (TPSA) is 108 Å². The maximum atomic E-state index is 13.1. The van der Waals surface area contributed by atoms with E-state index in [9.17, 15) is 14.4 Å². The number of halogens is 3. The molecule has 4 amide bonds. The number of amides is 4. The van der Waals surface area contributed by atoms with Crippen molar-refractivity contribution in [2.24, 2.45) is 5.73 Å². The monoisotopic (exact) mass is 483 g/mol. The van der Waals surface area contributed by atoms with Crippen LogP contribution >= 0.6 is 34.8 Å². The van der Waals surface area contributed by atoms with Gasteiger partial charge in [-0.15, -0.1) is 0 Å². The molecule has 164 valence electrons. The number of nitrogens with one attached hydrogen (secondary N) is 2. The first-order valence-corrected chi connectivity index (χ1v) is 10.5. The highest BCUT2D eigenvalue weighted by Gasteiger charge is 2.43. The van der Waals surface area contributed by atoms with Gasteiger partial charge in [0, 0.05) is 42.5 Å². The summed E-state index contributed by atoms with van der Waals surface area (Å²) in [6.45, 7) is 0.744. The summed E-state index contributed by atoms with van der Waals surface area (Å²) in [7, 11) is 0. The Kier molecular flexibility index (Phi) is 7.61. The van der Waals surface area contributed by atoms with E-state index < -0.39 is 24.0 Å². The Morgan fingerprint density at radius 2 is 1.65 bits per heavy atom. The number of carbonyl (C=O) groups is 3. The van der Waals surface area contributed by atoms with Crippen molar-refractivity contribution < 1.29 is 14.4 Å². The third-order valence-corrected chi connectivity index (χ3v) is 5.63. The predicted octanol–water partition coefficient (Wildman–Crippen LogP) is 3.04. The molecule has 0 saturated carbocycles. The first kappa shape index (κ1) is 23.1. The largest absolute Gasteiger partial charge is 0.351 e. The number of rotatable bonds is 5. The van der Waals surface area contributed by atoms with Crippen LogP contribution in [0.3, 0.4) is 0 Å². The van der Waals surface area contributed by atoms with Crippen molar-refractivity contribution in [1.82, 2.24) is 15.1 Å². The smallest absolute Gasteiger partial charge is 0.323 e. The molecule has 11 heteroatoms. The van der Waals surface area contributed by atoms with Crippen LogP contribution in [0.1, 0.15) is 10.4 Å². The zero-order valence-electron chi connectivity index (χ0n) is 16.3. The highest BCUT2D eigenvalue weighted by molar-refractivity contribution is 6.42. The molecular formula is C20H20Cl3N5O3. The van der Waals surface area contributed by atoms with Crippen LogP contribution in [0, 0.1) is 0 Å². The van der Waals surface area contributed by atoms with Gasteiger partial charge in [0.05, 0.1) is 10.0 Å². The minimum atomic E-state index is -1.15. The normalized spacial score (nSPS) is 15.7. The molecule has 0 aliphatic carbocycles. The lowest BCUT2D eigenvalue weighted by atomic mass is 10.2. The van der Waals surface area contributed by atoms with E-state index in [0.29, 0.717) is 15.7 Å². The van der Waals surface area contributed by atoms with Crippen LogP contribution in [-0.2, 0) is 4.79 Å². The molecule has 1 unspecified atom stereocenters. The standard InChI is InChI=1S/C20H20Cl3N5O3/c21-13-2-4-14(5-3-13)26-20(31)28-10-9-27(18(28)17(29)25-8-7-24)19(30)12-1-6-15(22)16(23)11-12/h1-6,11,18H,7-10,24H2,(H,25,29)(H,26,31). The lowest BCUT2D eigenvalue weighted by Gasteiger charge is -2.29. The van der Waals surface area contributed by atoms with Crippen molar-refractivity contribution >= 4 is 58.3 Å². The first-order chi connectivity index (χ1) is 14.8. The average molecular weight is 485 g/mol. The SMILES string of the molecule is NCCNC(=O)C1N(C(=O)Nc2ccc(Cl)cc2)CCN1C(=O)c1ccc(Cl)c(Cl)c1. The van der Waals surface area contributed by atoms with Crippen LogP contribution in [0.2, 0.25) is 15.1 Å². The summed E-state index contributed by atoms with van der Waals surface area (Å²) in [5.41, 5.74) is 6.23. The Balaban J connectivity index is 1.84. The fourth-order valence-electron chi connectivity index (χ4n) is 3.15. The van der Waals surface area contributed by atoms with Gasteiger partial charge in [-0.25, -0.2) is 4.79 Å². The maximum Gasteiger partial charge on any atom is 0.323 e. The number of urea groups is 1. The molecule has 0 radical (unpaired) electrons. The van der Waals surface area contributed by atoms with Gasteiger partial charge in [0.25, 0.3) is 11.8 Å². The number of anilines is 1. The van der Waals surface area contributed by atoms with E-state index >= 15 is 0 Å². The summed E-state index contributed by atoms with van der Waals surface area (Å²) < 4.78 is 0. The van der Waals surface area contributed by atoms with Gasteiger partial charge < -0.3 is 21.3 Å². The number of benzene rings is 2. The second kappa shape index (κ2) is 10.2. The third-order valence-electron chi connectivity index (χ3n) is 4.63. The zero-order chi connectivity index (χ0) is 22.5. The van der Waals surface area contributed by atoms with Gasteiger partial charge in [-0.1, -0.05) is 34.8 Å². The van der Waals surface area contributed by atoms with Crippen molar-refractivity contribution in [2.75, 3.05) is 31.5 Å². The Labute approximate surface area is 194 Å². The number of nitrogens with zero attached hydrogens (tertiary/aromatic N) is 2. The highest BCUT2D eigenvalue weighted by atomic mass is 35.5. The van der Waals surface area contributed by atoms with Crippen LogP contribution in [0.5, 0.6) is 0 Å². The van der Waals surface area contributed by atoms with E-state index in [2.05, 4.69) is 10.6 Å². The van der Waals surface area contributed by atoms with Crippen LogP contribution in [0.4, 0.5) is 10.5 Å². The van der Waals surface area contributed by atoms with E-state index in [1.807, 2.05) is 0 Å². The Hall–Kier alpha value is -2.52.